The van der Waals surface area contributed by atoms with Crippen LogP contribution in [0.1, 0.15) is 54.4 Å². The summed E-state index contributed by atoms with van der Waals surface area (Å²) in [6, 6.07) is 0. The van der Waals surface area contributed by atoms with E-state index in [1.807, 2.05) is 0 Å². The Bertz CT molecular complexity index is 196. The maximum atomic E-state index is 6.47. The molecule has 0 aromatic rings. The first-order valence-electron chi connectivity index (χ1n) is 7.60. The summed E-state index contributed by atoms with van der Waals surface area (Å²) in [5.74, 6) is 0. The van der Waals surface area contributed by atoms with Gasteiger partial charge in [0.25, 0.3) is 0 Å². The highest BCUT2D eigenvalue weighted by molar-refractivity contribution is 6.77. The molecule has 0 amide bonds. The van der Waals surface area contributed by atoms with Gasteiger partial charge in [0.05, 0.1) is 0 Å². The van der Waals surface area contributed by atoms with Crippen molar-refractivity contribution in [3.63, 3.8) is 0 Å². The lowest BCUT2D eigenvalue weighted by molar-refractivity contribution is -0.0321. The fourth-order valence-electron chi connectivity index (χ4n) is 3.20. The lowest BCUT2D eigenvalue weighted by Gasteiger charge is -2.42. The minimum atomic E-state index is -1.67. The molecule has 0 atom stereocenters. The van der Waals surface area contributed by atoms with Crippen LogP contribution >= 0.6 is 0 Å². The molecule has 0 fully saturated rings. The molecular weight excluding hydrogens is 256 g/mol. The van der Waals surface area contributed by atoms with Gasteiger partial charge in [0.1, 0.15) is 6.79 Å². The number of ether oxygens (including phenoxy) is 2. The van der Waals surface area contributed by atoms with E-state index in [0.29, 0.717) is 23.4 Å². The topological polar surface area (TPSA) is 27.7 Å². The SMILES string of the molecule is COCOCCCCO[Si](C(C)C)(C(C)C)C(C)C. The molecule has 0 radical (unpaired) electrons. The molecule has 0 spiro atoms. The van der Waals surface area contributed by atoms with Gasteiger partial charge in [-0.15, -0.1) is 0 Å². The molecular formula is C15H34O3Si. The summed E-state index contributed by atoms with van der Waals surface area (Å²) in [6.07, 6.45) is 2.12. The molecule has 0 aromatic heterocycles. The Kier molecular flexibility index (Phi) is 9.97. The summed E-state index contributed by atoms with van der Waals surface area (Å²) in [7, 11) is -0.0187. The standard InChI is InChI=1S/C15H34O3Si/c1-13(2)19(14(3)4,15(5)6)18-11-9-8-10-17-12-16-7/h13-15H,8-12H2,1-7H3. The van der Waals surface area contributed by atoms with Gasteiger partial charge in [0.2, 0.25) is 0 Å². The highest BCUT2D eigenvalue weighted by atomic mass is 28.4. The third kappa shape index (κ3) is 5.94. The van der Waals surface area contributed by atoms with Gasteiger partial charge in [-0.3, -0.25) is 0 Å². The summed E-state index contributed by atoms with van der Waals surface area (Å²) in [5, 5.41) is 0. The van der Waals surface area contributed by atoms with Crippen molar-refractivity contribution in [2.45, 2.75) is 71.0 Å². The third-order valence-electron chi connectivity index (χ3n) is 3.94. The van der Waals surface area contributed by atoms with Crippen molar-refractivity contribution < 1.29 is 13.9 Å². The Labute approximate surface area is 121 Å². The van der Waals surface area contributed by atoms with Crippen molar-refractivity contribution in [1.29, 1.82) is 0 Å². The molecule has 19 heavy (non-hydrogen) atoms. The third-order valence-corrected chi connectivity index (χ3v) is 10.1. The van der Waals surface area contributed by atoms with E-state index in [-0.39, 0.29) is 0 Å². The van der Waals surface area contributed by atoms with Crippen LogP contribution in [-0.4, -0.2) is 35.4 Å². The van der Waals surface area contributed by atoms with Crippen LogP contribution in [0.25, 0.3) is 0 Å². The summed E-state index contributed by atoms with van der Waals surface area (Å²) < 4.78 is 16.6. The zero-order valence-electron chi connectivity index (χ0n) is 14.0. The molecule has 4 heteroatoms. The number of hydrogen-bond acceptors (Lipinski definition) is 3. The Morgan fingerprint density at radius 3 is 1.68 bits per heavy atom. The van der Waals surface area contributed by atoms with Gasteiger partial charge in [-0.2, -0.15) is 0 Å². The molecule has 0 rings (SSSR count). The zero-order chi connectivity index (χ0) is 14.9. The van der Waals surface area contributed by atoms with E-state index in [4.69, 9.17) is 13.9 Å². The van der Waals surface area contributed by atoms with Crippen LogP contribution in [0.2, 0.25) is 16.6 Å². The lowest BCUT2D eigenvalue weighted by atomic mass is 10.3. The number of methoxy groups -OCH3 is 1. The van der Waals surface area contributed by atoms with Gasteiger partial charge >= 0.3 is 0 Å². The molecule has 0 aliphatic carbocycles. The predicted molar refractivity (Wildman–Crippen MR) is 84.1 cm³/mol. The van der Waals surface area contributed by atoms with E-state index in [2.05, 4.69) is 41.5 Å². The second kappa shape index (κ2) is 9.92. The zero-order valence-corrected chi connectivity index (χ0v) is 15.0. The minimum absolute atomic E-state index is 0.392. The van der Waals surface area contributed by atoms with Gasteiger partial charge in [-0.1, -0.05) is 41.5 Å². The smallest absolute Gasteiger partial charge is 0.200 e. The Balaban J connectivity index is 4.14. The van der Waals surface area contributed by atoms with Crippen LogP contribution in [0.15, 0.2) is 0 Å². The van der Waals surface area contributed by atoms with E-state index in [0.717, 1.165) is 26.1 Å². The average molecular weight is 291 g/mol. The van der Waals surface area contributed by atoms with Crippen molar-refractivity contribution in [2.24, 2.45) is 0 Å². The van der Waals surface area contributed by atoms with Crippen LogP contribution in [0.4, 0.5) is 0 Å². The number of rotatable bonds is 11. The minimum Gasteiger partial charge on any atom is -0.416 e. The largest absolute Gasteiger partial charge is 0.416 e. The van der Waals surface area contributed by atoms with E-state index in [9.17, 15) is 0 Å². The molecule has 0 aliphatic rings. The second-order valence-corrected chi connectivity index (χ2v) is 11.6. The van der Waals surface area contributed by atoms with Crippen LogP contribution in [0, 0.1) is 0 Å². The monoisotopic (exact) mass is 290 g/mol. The summed E-state index contributed by atoms with van der Waals surface area (Å²) in [5.41, 5.74) is 1.99. The Hall–Kier alpha value is 0.0969. The fraction of sp³-hybridized carbons (Fsp3) is 1.00. The van der Waals surface area contributed by atoms with Gasteiger partial charge in [-0.25, -0.2) is 0 Å². The second-order valence-electron chi connectivity index (χ2n) is 6.19. The van der Waals surface area contributed by atoms with Crippen molar-refractivity contribution in [2.75, 3.05) is 27.1 Å². The molecule has 0 N–H and O–H groups in total. The number of hydrogen-bond donors (Lipinski definition) is 0. The molecule has 116 valence electrons. The maximum absolute atomic E-state index is 6.47. The fourth-order valence-corrected chi connectivity index (χ4v) is 8.70. The summed E-state index contributed by atoms with van der Waals surface area (Å²) >= 11 is 0. The van der Waals surface area contributed by atoms with Crippen molar-refractivity contribution in [3.8, 4) is 0 Å². The van der Waals surface area contributed by atoms with E-state index >= 15 is 0 Å². The van der Waals surface area contributed by atoms with Crippen LogP contribution in [0.5, 0.6) is 0 Å². The first-order chi connectivity index (χ1) is 8.89. The van der Waals surface area contributed by atoms with Gasteiger partial charge in [0.15, 0.2) is 8.32 Å². The van der Waals surface area contributed by atoms with Gasteiger partial charge in [0, 0.05) is 20.3 Å². The molecule has 0 saturated carbocycles. The van der Waals surface area contributed by atoms with E-state index in [1.54, 1.807) is 7.11 Å². The highest BCUT2D eigenvalue weighted by Crippen LogP contribution is 2.42. The molecule has 0 aliphatic heterocycles. The molecule has 0 aromatic carbocycles. The quantitative estimate of drug-likeness (QED) is 0.317. The van der Waals surface area contributed by atoms with Gasteiger partial charge < -0.3 is 13.9 Å². The van der Waals surface area contributed by atoms with E-state index < -0.39 is 8.32 Å². The van der Waals surface area contributed by atoms with Crippen molar-refractivity contribution >= 4 is 8.32 Å². The van der Waals surface area contributed by atoms with E-state index in [1.165, 1.54) is 0 Å². The molecule has 0 saturated heterocycles. The molecule has 0 bridgehead atoms. The van der Waals surface area contributed by atoms with Gasteiger partial charge in [-0.05, 0) is 29.5 Å². The normalized spacial score (nSPS) is 12.9. The molecule has 0 heterocycles. The van der Waals surface area contributed by atoms with Crippen LogP contribution in [0.3, 0.4) is 0 Å². The Morgan fingerprint density at radius 1 is 0.789 bits per heavy atom. The maximum Gasteiger partial charge on any atom is 0.200 e. The number of unbranched alkanes of at least 4 members (excludes halogenated alkanes) is 1. The lowest BCUT2D eigenvalue weighted by Crippen LogP contribution is -2.47. The van der Waals surface area contributed by atoms with Crippen LogP contribution < -0.4 is 0 Å². The first-order valence-corrected chi connectivity index (χ1v) is 9.74. The summed E-state index contributed by atoms with van der Waals surface area (Å²) in [6.45, 7) is 16.0. The molecule has 0 unspecified atom stereocenters. The van der Waals surface area contributed by atoms with Crippen molar-refractivity contribution in [1.82, 2.24) is 0 Å². The predicted octanol–water partition coefficient (Wildman–Crippen LogP) is 4.58. The Morgan fingerprint density at radius 2 is 1.26 bits per heavy atom. The molecule has 3 nitrogen and oxygen atoms in total. The van der Waals surface area contributed by atoms with Crippen LogP contribution in [-0.2, 0) is 13.9 Å². The highest BCUT2D eigenvalue weighted by Gasteiger charge is 2.44. The summed E-state index contributed by atoms with van der Waals surface area (Å²) in [4.78, 5) is 0. The average Bonchev–Trinajstić information content (AvgIpc) is 2.31. The van der Waals surface area contributed by atoms with Crippen molar-refractivity contribution in [3.05, 3.63) is 0 Å². The first kappa shape index (κ1) is 19.1.